The van der Waals surface area contributed by atoms with Crippen molar-refractivity contribution in [3.63, 3.8) is 0 Å². The van der Waals surface area contributed by atoms with Gasteiger partial charge in [0.2, 0.25) is 11.8 Å². The molecule has 326 valence electrons. The highest BCUT2D eigenvalue weighted by Crippen LogP contribution is 2.45. The van der Waals surface area contributed by atoms with Crippen LogP contribution in [0.15, 0.2) is 47.8 Å². The molecule has 4 amide bonds. The number of H-pyrrole nitrogens is 2. The predicted octanol–water partition coefficient (Wildman–Crippen LogP) is 8.14. The third-order valence-electron chi connectivity index (χ3n) is 13.0. The van der Waals surface area contributed by atoms with Crippen molar-refractivity contribution in [1.29, 1.82) is 0 Å². The van der Waals surface area contributed by atoms with Gasteiger partial charge in [-0.25, -0.2) is 19.6 Å². The Morgan fingerprint density at radius 2 is 1.06 bits per heavy atom. The number of aromatic nitrogens is 4. The smallest absolute Gasteiger partial charge is 0.407 e. The van der Waals surface area contributed by atoms with Gasteiger partial charge in [-0.05, 0) is 97.6 Å². The first kappa shape index (κ1) is 42.5. The molecular weight excluding hydrogens is 785 g/mol. The summed E-state index contributed by atoms with van der Waals surface area (Å²) in [6, 6.07) is 6.98. The Hall–Kier alpha value is -6.18. The van der Waals surface area contributed by atoms with Gasteiger partial charge >= 0.3 is 12.2 Å². The molecule has 0 saturated carbocycles. The Labute approximate surface area is 362 Å². The number of likely N-dealkylation sites (tertiary alicyclic amines) is 2. The fourth-order valence-corrected chi connectivity index (χ4v) is 9.84. The van der Waals surface area contributed by atoms with Crippen molar-refractivity contribution in [2.24, 2.45) is 11.8 Å². The predicted molar refractivity (Wildman–Crippen MR) is 237 cm³/mol. The maximum Gasteiger partial charge on any atom is 0.407 e. The van der Waals surface area contributed by atoms with Gasteiger partial charge in [0.15, 0.2) is 0 Å². The van der Waals surface area contributed by atoms with E-state index in [1.807, 2.05) is 49.9 Å². The number of amides is 4. The highest BCUT2D eigenvalue weighted by atomic mass is 16.5. The summed E-state index contributed by atoms with van der Waals surface area (Å²) in [5, 5.41) is 5.46. The molecule has 4 heterocycles. The van der Waals surface area contributed by atoms with E-state index in [-0.39, 0.29) is 35.7 Å². The summed E-state index contributed by atoms with van der Waals surface area (Å²) in [5.74, 6) is 0.982. The SMILES string of the molecule is COC(=O)N[C@H](C(=O)N1CCC[C@H]1c1ncc(-c2ccc(-c3ccc(-c4cnc([C@@H]5CCCN5C(=O)[C@@H](NC(=O)OC)C(C)C)[nH]4)c4c3C=C(C)C4)c3c2C=C(C)C3)[nH]1)C(C)C. The van der Waals surface area contributed by atoms with Gasteiger partial charge in [0.05, 0.1) is 50.1 Å². The molecule has 2 aromatic carbocycles. The van der Waals surface area contributed by atoms with Crippen molar-refractivity contribution in [2.75, 3.05) is 27.3 Å². The first-order valence-corrected chi connectivity index (χ1v) is 21.8. The van der Waals surface area contributed by atoms with Crippen LogP contribution in [0.3, 0.4) is 0 Å². The topological polar surface area (TPSA) is 175 Å². The highest BCUT2D eigenvalue weighted by molar-refractivity contribution is 5.92. The average Bonchev–Trinajstić information content (AvgIpc) is 4.11. The van der Waals surface area contributed by atoms with E-state index in [4.69, 9.17) is 19.4 Å². The van der Waals surface area contributed by atoms with Crippen molar-refractivity contribution in [2.45, 2.75) is 104 Å². The molecule has 4 N–H and O–H groups in total. The fourth-order valence-electron chi connectivity index (χ4n) is 9.84. The first-order chi connectivity index (χ1) is 29.8. The van der Waals surface area contributed by atoms with Gasteiger partial charge in [0.25, 0.3) is 0 Å². The molecule has 0 radical (unpaired) electrons. The number of rotatable bonds is 11. The van der Waals surface area contributed by atoms with Crippen molar-refractivity contribution in [1.82, 2.24) is 40.4 Å². The van der Waals surface area contributed by atoms with E-state index in [9.17, 15) is 19.2 Å². The van der Waals surface area contributed by atoms with E-state index in [1.165, 1.54) is 58.7 Å². The van der Waals surface area contributed by atoms with Crippen LogP contribution in [0.1, 0.15) is 113 Å². The van der Waals surface area contributed by atoms with Gasteiger partial charge < -0.3 is 39.9 Å². The molecule has 4 atom stereocenters. The molecule has 4 aromatic rings. The van der Waals surface area contributed by atoms with Crippen molar-refractivity contribution in [3.05, 3.63) is 81.7 Å². The largest absolute Gasteiger partial charge is 0.453 e. The zero-order valence-corrected chi connectivity index (χ0v) is 37.0. The molecule has 62 heavy (non-hydrogen) atoms. The number of allylic oxidation sites excluding steroid dienone is 2. The van der Waals surface area contributed by atoms with Crippen LogP contribution in [-0.2, 0) is 31.9 Å². The van der Waals surface area contributed by atoms with Crippen molar-refractivity contribution < 1.29 is 28.7 Å². The maximum atomic E-state index is 13.8. The molecule has 2 aliphatic carbocycles. The van der Waals surface area contributed by atoms with E-state index in [2.05, 4.69) is 70.9 Å². The van der Waals surface area contributed by atoms with Gasteiger partial charge in [-0.1, -0.05) is 75.3 Å². The van der Waals surface area contributed by atoms with Crippen LogP contribution in [0.5, 0.6) is 0 Å². The van der Waals surface area contributed by atoms with Crippen LogP contribution in [0, 0.1) is 11.8 Å². The van der Waals surface area contributed by atoms with Gasteiger partial charge in [-0.15, -0.1) is 0 Å². The second-order valence-corrected chi connectivity index (χ2v) is 17.9. The molecule has 2 aliphatic heterocycles. The molecule has 8 rings (SSSR count). The van der Waals surface area contributed by atoms with Crippen molar-refractivity contribution >= 4 is 36.2 Å². The second kappa shape index (κ2) is 17.3. The van der Waals surface area contributed by atoms with E-state index in [0.717, 1.165) is 72.7 Å². The number of carbonyl (C=O) groups is 4. The number of fused-ring (bicyclic) bond motifs is 2. The number of benzene rings is 2. The summed E-state index contributed by atoms with van der Waals surface area (Å²) in [7, 11) is 2.60. The second-order valence-electron chi connectivity index (χ2n) is 17.9. The van der Waals surface area contributed by atoms with Crippen LogP contribution in [0.2, 0.25) is 0 Å². The summed E-state index contributed by atoms with van der Waals surface area (Å²) in [4.78, 5) is 72.4. The molecule has 0 spiro atoms. The minimum absolute atomic E-state index is 0.114. The van der Waals surface area contributed by atoms with Gasteiger partial charge in [-0.3, -0.25) is 9.59 Å². The average molecular weight is 843 g/mol. The molecule has 2 aromatic heterocycles. The lowest BCUT2D eigenvalue weighted by Crippen LogP contribution is -2.51. The standard InChI is InChI=1S/C48H58N8O6/c1-25(2)41(53-47(59)61-7)45(57)55-17-9-11-39(55)43-49-23-37(51-43)31-15-13-29(33-19-27(5)21-35(31)33)30-14-16-32(36-22-28(6)20-34(30)36)38-24-50-44(52-38)40-12-10-18-56(40)46(58)42(26(3)4)54-48(60)62-8/h13-16,19,22-26,39-42H,9-12,17-18,20-21H2,1-8H3,(H,49,51)(H,50,52)(H,53,59)(H,54,60)/t39-,40-,41-,42-/m0/s1. The summed E-state index contributed by atoms with van der Waals surface area (Å²) >= 11 is 0. The van der Waals surface area contributed by atoms with Crippen LogP contribution in [0.25, 0.3) is 45.8 Å². The minimum atomic E-state index is -0.700. The van der Waals surface area contributed by atoms with E-state index in [0.29, 0.717) is 13.1 Å². The number of ether oxygens (including phenoxy) is 2. The Kier molecular flexibility index (Phi) is 11.9. The lowest BCUT2D eigenvalue weighted by molar-refractivity contribution is -0.136. The molecule has 14 heteroatoms. The zero-order chi connectivity index (χ0) is 44.0. The van der Waals surface area contributed by atoms with Crippen LogP contribution < -0.4 is 10.6 Å². The van der Waals surface area contributed by atoms with E-state index in [1.54, 1.807) is 0 Å². The summed E-state index contributed by atoms with van der Waals surface area (Å²) in [6.45, 7) is 13.2. The molecule has 2 saturated heterocycles. The number of hydrogen-bond donors (Lipinski definition) is 4. The number of nitrogens with one attached hydrogen (secondary N) is 4. The number of carbonyl (C=O) groups excluding carboxylic acids is 4. The third kappa shape index (κ3) is 7.91. The lowest BCUT2D eigenvalue weighted by atomic mass is 9.87. The van der Waals surface area contributed by atoms with Crippen LogP contribution >= 0.6 is 0 Å². The molecule has 0 bridgehead atoms. The molecule has 4 aliphatic rings. The Bertz CT molecular complexity index is 2480. The van der Waals surface area contributed by atoms with E-state index >= 15 is 0 Å². The summed E-state index contributed by atoms with van der Waals surface area (Å²) in [6.07, 6.45) is 12.0. The summed E-state index contributed by atoms with van der Waals surface area (Å²) < 4.78 is 9.63. The number of aromatic amines is 2. The number of nitrogens with zero attached hydrogens (tertiary/aromatic N) is 4. The number of imidazole rings is 2. The fraction of sp³-hybridized carbons (Fsp3) is 0.458. The van der Waals surface area contributed by atoms with Gasteiger partial charge in [-0.2, -0.15) is 0 Å². The number of alkyl carbamates (subject to hydrolysis) is 2. The van der Waals surface area contributed by atoms with Crippen LogP contribution in [0.4, 0.5) is 9.59 Å². The summed E-state index contributed by atoms with van der Waals surface area (Å²) in [5.41, 5.74) is 13.8. The first-order valence-electron chi connectivity index (χ1n) is 21.8. The zero-order valence-electron chi connectivity index (χ0n) is 37.0. The normalized spacial score (nSPS) is 19.0. The number of methoxy groups -OCH3 is 2. The van der Waals surface area contributed by atoms with E-state index < -0.39 is 24.3 Å². The Morgan fingerprint density at radius 1 is 0.645 bits per heavy atom. The molecule has 2 fully saturated rings. The minimum Gasteiger partial charge on any atom is -0.453 e. The third-order valence-corrected chi connectivity index (χ3v) is 13.0. The Morgan fingerprint density at radius 3 is 1.55 bits per heavy atom. The van der Waals surface area contributed by atoms with Gasteiger partial charge in [0, 0.05) is 24.2 Å². The monoisotopic (exact) mass is 842 g/mol. The quantitative estimate of drug-likeness (QED) is 0.117. The number of hydrogen-bond acceptors (Lipinski definition) is 8. The Balaban J connectivity index is 1.07. The molecule has 14 nitrogen and oxygen atoms in total. The van der Waals surface area contributed by atoms with Gasteiger partial charge in [0.1, 0.15) is 23.7 Å². The molecular formula is C48H58N8O6. The molecule has 0 unspecified atom stereocenters. The van der Waals surface area contributed by atoms with Crippen LogP contribution in [-0.4, -0.2) is 93.1 Å². The lowest BCUT2D eigenvalue weighted by Gasteiger charge is -2.30. The van der Waals surface area contributed by atoms with Crippen molar-refractivity contribution in [3.8, 4) is 33.6 Å². The maximum absolute atomic E-state index is 13.8. The highest BCUT2D eigenvalue weighted by Gasteiger charge is 2.39.